The number of phenolic OH excluding ortho intramolecular Hbond substituents is 1. The first-order valence-corrected chi connectivity index (χ1v) is 11.3. The second-order valence-electron chi connectivity index (χ2n) is 8.69. The molecule has 0 aliphatic rings. The van der Waals surface area contributed by atoms with E-state index in [9.17, 15) is 9.90 Å². The number of hydrogen-bond donors (Lipinski definition) is 2. The number of hydrogen-bond acceptors (Lipinski definition) is 2. The van der Waals surface area contributed by atoms with Crippen molar-refractivity contribution in [3.05, 3.63) is 29.8 Å². The maximum Gasteiger partial charge on any atom is 0.255 e. The van der Waals surface area contributed by atoms with E-state index in [4.69, 9.17) is 0 Å². The average Bonchev–Trinajstić information content (AvgIpc) is 2.67. The predicted octanol–water partition coefficient (Wildman–Crippen LogP) is 2.51. The molecule has 2 N–H and O–H groups in total. The number of phenols is 1. The van der Waals surface area contributed by atoms with Crippen LogP contribution in [0.1, 0.15) is 87.9 Å². The molecule has 1 aromatic rings. The summed E-state index contributed by atoms with van der Waals surface area (Å²) in [6.07, 6.45) is 14.7. The lowest BCUT2D eigenvalue weighted by atomic mass is 10.1. The van der Waals surface area contributed by atoms with Gasteiger partial charge in [0.15, 0.2) is 0 Å². The zero-order chi connectivity index (χ0) is 20.7. The number of amides is 1. The highest BCUT2D eigenvalue weighted by molar-refractivity contribution is 5.96. The normalized spacial score (nSPS) is 11.1. The van der Waals surface area contributed by atoms with Gasteiger partial charge in [-0.3, -0.25) is 4.79 Å². The molecule has 1 rings (SSSR count). The van der Waals surface area contributed by atoms with Crippen LogP contribution < -0.4 is 22.3 Å². The van der Waals surface area contributed by atoms with Gasteiger partial charge in [0.2, 0.25) is 0 Å². The molecule has 0 spiro atoms. The minimum absolute atomic E-state index is 0. The number of aromatic hydroxyl groups is 1. The van der Waals surface area contributed by atoms with Crippen molar-refractivity contribution in [1.82, 2.24) is 5.32 Å². The van der Waals surface area contributed by atoms with Crippen LogP contribution in [0.3, 0.4) is 0 Å². The Kier molecular flexibility index (Phi) is 16.1. The number of carbonyl (C=O) groups excluding carboxylic acids is 1. The van der Waals surface area contributed by atoms with E-state index < -0.39 is 0 Å². The first-order chi connectivity index (χ1) is 13.5. The lowest BCUT2D eigenvalue weighted by molar-refractivity contribution is -0.890. The third-order valence-electron chi connectivity index (χ3n) is 5.49. The molecule has 5 heteroatoms. The van der Waals surface area contributed by atoms with Crippen molar-refractivity contribution in [2.24, 2.45) is 0 Å². The van der Waals surface area contributed by atoms with Crippen molar-refractivity contribution >= 4 is 5.91 Å². The third-order valence-corrected chi connectivity index (χ3v) is 5.49. The molecule has 0 aliphatic heterocycles. The zero-order valence-corrected chi connectivity index (χ0v) is 20.5. The summed E-state index contributed by atoms with van der Waals surface area (Å²) in [5.74, 6) is -0.157. The Hall–Kier alpha value is -1.07. The molecule has 0 bridgehead atoms. The summed E-state index contributed by atoms with van der Waals surface area (Å²) >= 11 is 0. The Morgan fingerprint density at radius 3 is 1.97 bits per heavy atom. The van der Waals surface area contributed by atoms with Gasteiger partial charge in [0.1, 0.15) is 5.75 Å². The molecule has 0 atom stereocenters. The fourth-order valence-electron chi connectivity index (χ4n) is 3.61. The molecular weight excluding hydrogens is 428 g/mol. The van der Waals surface area contributed by atoms with Crippen LogP contribution in [0.2, 0.25) is 0 Å². The van der Waals surface area contributed by atoms with E-state index in [0.717, 1.165) is 17.4 Å². The Bertz CT molecular complexity index is 549. The average molecular weight is 472 g/mol. The lowest BCUT2D eigenvalue weighted by Crippen LogP contribution is -3.00. The van der Waals surface area contributed by atoms with Crippen molar-refractivity contribution in [3.8, 4) is 5.75 Å². The van der Waals surface area contributed by atoms with Crippen molar-refractivity contribution in [3.63, 3.8) is 0 Å². The van der Waals surface area contributed by atoms with Gasteiger partial charge in [-0.25, -0.2) is 0 Å². The van der Waals surface area contributed by atoms with Gasteiger partial charge < -0.3 is 31.9 Å². The maximum atomic E-state index is 12.1. The van der Waals surface area contributed by atoms with Crippen LogP contribution in [-0.2, 0) is 0 Å². The van der Waals surface area contributed by atoms with Gasteiger partial charge in [0.25, 0.3) is 5.91 Å². The summed E-state index contributed by atoms with van der Waals surface area (Å²) in [7, 11) is 4.55. The van der Waals surface area contributed by atoms with Gasteiger partial charge in [0.05, 0.1) is 32.7 Å². The number of benzene rings is 1. The van der Waals surface area contributed by atoms with E-state index in [2.05, 4.69) is 26.3 Å². The summed E-state index contributed by atoms with van der Waals surface area (Å²) in [5, 5.41) is 12.6. The molecular formula is C24H43BrN2O2. The van der Waals surface area contributed by atoms with Crippen LogP contribution in [0.25, 0.3) is 0 Å². The predicted molar refractivity (Wildman–Crippen MR) is 119 cm³/mol. The summed E-state index contributed by atoms with van der Waals surface area (Å²) in [4.78, 5) is 12.1. The van der Waals surface area contributed by atoms with Gasteiger partial charge in [-0.15, -0.1) is 0 Å². The molecule has 0 saturated heterocycles. The monoisotopic (exact) mass is 470 g/mol. The van der Waals surface area contributed by atoms with Crippen molar-refractivity contribution in [2.45, 2.75) is 77.6 Å². The van der Waals surface area contributed by atoms with Gasteiger partial charge in [0, 0.05) is 13.0 Å². The number of unbranched alkanes of at least 4 members (excludes halogenated alkanes) is 9. The summed E-state index contributed by atoms with van der Waals surface area (Å²) in [6.45, 7) is 5.17. The summed E-state index contributed by atoms with van der Waals surface area (Å²) in [6, 6.07) is 6.68. The van der Waals surface area contributed by atoms with Crippen LogP contribution in [0, 0.1) is 0 Å². The molecule has 29 heavy (non-hydrogen) atoms. The molecule has 1 aromatic carbocycles. The third kappa shape index (κ3) is 13.7. The molecule has 0 fully saturated rings. The molecule has 0 saturated carbocycles. The van der Waals surface area contributed by atoms with Crippen LogP contribution in [-0.4, -0.2) is 49.2 Å². The largest absolute Gasteiger partial charge is 1.00 e. The molecule has 168 valence electrons. The number of para-hydroxylation sites is 1. The standard InChI is InChI=1S/C24H42N2O2.BrH/c1-4-5-6-7-8-9-10-11-12-15-20-26(2,3)21-16-19-25-24(28)22-17-13-14-18-23(22)27;/h13-14,17-18H,4-12,15-16,19-21H2,1-3H3,(H-,25,27,28);1H. The van der Waals surface area contributed by atoms with Crippen LogP contribution in [0.5, 0.6) is 5.75 Å². The second kappa shape index (κ2) is 16.7. The fourth-order valence-corrected chi connectivity index (χ4v) is 3.61. The Labute approximate surface area is 189 Å². The molecule has 1 amide bonds. The molecule has 0 radical (unpaired) electrons. The van der Waals surface area contributed by atoms with E-state index in [-0.39, 0.29) is 28.6 Å². The van der Waals surface area contributed by atoms with Crippen LogP contribution in [0.15, 0.2) is 24.3 Å². The van der Waals surface area contributed by atoms with E-state index in [0.29, 0.717) is 12.1 Å². The van der Waals surface area contributed by atoms with Crippen molar-refractivity contribution < 1.29 is 31.4 Å². The maximum absolute atomic E-state index is 12.1. The topological polar surface area (TPSA) is 49.3 Å². The number of rotatable bonds is 16. The second-order valence-corrected chi connectivity index (χ2v) is 8.69. The highest BCUT2D eigenvalue weighted by Crippen LogP contribution is 2.15. The molecule has 0 heterocycles. The lowest BCUT2D eigenvalue weighted by Gasteiger charge is -2.30. The van der Waals surface area contributed by atoms with Gasteiger partial charge in [-0.05, 0) is 25.0 Å². The fraction of sp³-hybridized carbons (Fsp3) is 0.708. The van der Waals surface area contributed by atoms with E-state index in [1.54, 1.807) is 24.3 Å². The van der Waals surface area contributed by atoms with Crippen molar-refractivity contribution in [2.75, 3.05) is 33.7 Å². The summed E-state index contributed by atoms with van der Waals surface area (Å²) < 4.78 is 1.00. The molecule has 0 aromatic heterocycles. The van der Waals surface area contributed by atoms with E-state index in [1.165, 1.54) is 70.8 Å². The van der Waals surface area contributed by atoms with E-state index >= 15 is 0 Å². The Balaban J connectivity index is 0.00000784. The highest BCUT2D eigenvalue weighted by Gasteiger charge is 2.15. The van der Waals surface area contributed by atoms with Gasteiger partial charge >= 0.3 is 0 Å². The minimum atomic E-state index is -0.196. The van der Waals surface area contributed by atoms with Gasteiger partial charge in [-0.1, -0.05) is 70.4 Å². The highest BCUT2D eigenvalue weighted by atomic mass is 79.9. The van der Waals surface area contributed by atoms with Crippen LogP contribution in [0.4, 0.5) is 0 Å². The molecule has 0 unspecified atom stereocenters. The number of carbonyl (C=O) groups is 1. The number of halogens is 1. The van der Waals surface area contributed by atoms with Gasteiger partial charge in [-0.2, -0.15) is 0 Å². The first kappa shape index (κ1) is 27.9. The van der Waals surface area contributed by atoms with Crippen molar-refractivity contribution in [1.29, 1.82) is 0 Å². The summed E-state index contributed by atoms with van der Waals surface area (Å²) in [5.41, 5.74) is 0.349. The Morgan fingerprint density at radius 2 is 1.38 bits per heavy atom. The zero-order valence-electron chi connectivity index (χ0n) is 18.9. The number of quaternary nitrogens is 1. The Morgan fingerprint density at radius 1 is 0.862 bits per heavy atom. The molecule has 0 aliphatic carbocycles. The number of nitrogens with zero attached hydrogens (tertiary/aromatic N) is 1. The van der Waals surface area contributed by atoms with E-state index in [1.807, 2.05) is 0 Å². The molecule has 4 nitrogen and oxygen atoms in total. The number of nitrogens with one attached hydrogen (secondary N) is 1. The smallest absolute Gasteiger partial charge is 0.255 e. The SMILES string of the molecule is CCCCCCCCCCCC[N+](C)(C)CCCNC(=O)c1ccccc1O.[Br-]. The minimum Gasteiger partial charge on any atom is -1.00 e. The first-order valence-electron chi connectivity index (χ1n) is 11.3. The van der Waals surface area contributed by atoms with Crippen LogP contribution >= 0.6 is 0 Å². The quantitative estimate of drug-likeness (QED) is 0.288.